The van der Waals surface area contributed by atoms with Gasteiger partial charge in [-0.3, -0.25) is 0 Å². The van der Waals surface area contributed by atoms with Crippen molar-refractivity contribution in [3.63, 3.8) is 0 Å². The Hall–Kier alpha value is -0.240. The van der Waals surface area contributed by atoms with E-state index >= 15 is 0 Å². The van der Waals surface area contributed by atoms with E-state index in [2.05, 4.69) is 6.92 Å². The Labute approximate surface area is 184 Å². The highest BCUT2D eigenvalue weighted by atomic mass is 16.7. The molecule has 4 N–H and O–H groups in total. The standard InChI is InChI=1S/C24H48O6/c1-2-3-4-5-6-7-8-9-10-11-12-13-14-15-16-17-18-29-24-23(28)22(27)21(26)20(19-25)30-24/h20-28H,2-19H2,1H3/t20-,21+,22+,23-,24-/m1/s1. The number of aliphatic hydroxyl groups is 4. The van der Waals surface area contributed by atoms with Gasteiger partial charge in [0.15, 0.2) is 6.29 Å². The zero-order chi connectivity index (χ0) is 22.0. The van der Waals surface area contributed by atoms with Crippen LogP contribution in [0.3, 0.4) is 0 Å². The monoisotopic (exact) mass is 432 g/mol. The minimum atomic E-state index is -1.37. The molecule has 0 spiro atoms. The molecule has 0 aromatic rings. The van der Waals surface area contributed by atoms with Crippen LogP contribution in [-0.4, -0.2) is 64.3 Å². The summed E-state index contributed by atoms with van der Waals surface area (Å²) in [4.78, 5) is 0. The molecule has 1 rings (SSSR count). The lowest BCUT2D eigenvalue weighted by Gasteiger charge is -2.39. The summed E-state index contributed by atoms with van der Waals surface area (Å²) in [6.07, 6.45) is 15.0. The van der Waals surface area contributed by atoms with Gasteiger partial charge in [-0.1, -0.05) is 103 Å². The zero-order valence-electron chi connectivity index (χ0n) is 19.2. The van der Waals surface area contributed by atoms with Crippen LogP contribution in [0.15, 0.2) is 0 Å². The van der Waals surface area contributed by atoms with Crippen LogP contribution in [0.5, 0.6) is 0 Å². The highest BCUT2D eigenvalue weighted by Gasteiger charge is 2.43. The molecule has 6 nitrogen and oxygen atoms in total. The second kappa shape index (κ2) is 18.3. The van der Waals surface area contributed by atoms with E-state index in [-0.39, 0.29) is 0 Å². The van der Waals surface area contributed by atoms with Gasteiger partial charge in [0.1, 0.15) is 24.4 Å². The summed E-state index contributed by atoms with van der Waals surface area (Å²) in [5, 5.41) is 38.6. The molecule has 180 valence electrons. The van der Waals surface area contributed by atoms with Gasteiger partial charge in [0, 0.05) is 6.61 Å². The molecule has 0 amide bonds. The lowest BCUT2D eigenvalue weighted by Crippen LogP contribution is -2.59. The summed E-state index contributed by atoms with van der Waals surface area (Å²) in [6, 6.07) is 0. The van der Waals surface area contributed by atoms with Gasteiger partial charge in [0.2, 0.25) is 0 Å². The van der Waals surface area contributed by atoms with E-state index in [9.17, 15) is 20.4 Å². The van der Waals surface area contributed by atoms with Gasteiger partial charge >= 0.3 is 0 Å². The molecule has 30 heavy (non-hydrogen) atoms. The lowest BCUT2D eigenvalue weighted by atomic mass is 9.99. The van der Waals surface area contributed by atoms with Crippen LogP contribution in [0.4, 0.5) is 0 Å². The maximum Gasteiger partial charge on any atom is 0.186 e. The van der Waals surface area contributed by atoms with Crippen molar-refractivity contribution in [2.24, 2.45) is 0 Å². The molecule has 0 radical (unpaired) electrons. The van der Waals surface area contributed by atoms with Crippen LogP contribution >= 0.6 is 0 Å². The number of hydrogen-bond donors (Lipinski definition) is 4. The molecule has 1 heterocycles. The molecule has 5 atom stereocenters. The predicted octanol–water partition coefficient (Wildman–Crippen LogP) is 4.06. The maximum atomic E-state index is 9.91. The normalized spacial score (nSPS) is 26.9. The van der Waals surface area contributed by atoms with Gasteiger partial charge in [-0.2, -0.15) is 0 Å². The third-order valence-electron chi connectivity index (χ3n) is 6.13. The first-order valence-electron chi connectivity index (χ1n) is 12.5. The highest BCUT2D eigenvalue weighted by molar-refractivity contribution is 4.88. The van der Waals surface area contributed by atoms with E-state index in [0.29, 0.717) is 6.61 Å². The highest BCUT2D eigenvalue weighted by Crippen LogP contribution is 2.22. The summed E-state index contributed by atoms with van der Waals surface area (Å²) >= 11 is 0. The van der Waals surface area contributed by atoms with E-state index < -0.39 is 37.3 Å². The Bertz CT molecular complexity index is 379. The van der Waals surface area contributed by atoms with Crippen LogP contribution in [0.2, 0.25) is 0 Å². The second-order valence-corrected chi connectivity index (χ2v) is 8.87. The molecule has 1 aliphatic heterocycles. The van der Waals surface area contributed by atoms with Gasteiger partial charge < -0.3 is 29.9 Å². The van der Waals surface area contributed by atoms with E-state index in [1.54, 1.807) is 0 Å². The molecular weight excluding hydrogens is 384 g/mol. The summed E-state index contributed by atoms with van der Waals surface area (Å²) < 4.78 is 10.8. The van der Waals surface area contributed by atoms with Crippen molar-refractivity contribution in [3.8, 4) is 0 Å². The van der Waals surface area contributed by atoms with Crippen LogP contribution in [-0.2, 0) is 9.47 Å². The number of hydrogen-bond acceptors (Lipinski definition) is 6. The van der Waals surface area contributed by atoms with E-state index in [1.807, 2.05) is 0 Å². The first-order chi connectivity index (χ1) is 14.6. The molecule has 6 heteroatoms. The summed E-state index contributed by atoms with van der Waals surface area (Å²) in [5.74, 6) is 0. The van der Waals surface area contributed by atoms with Crippen molar-refractivity contribution in [3.05, 3.63) is 0 Å². The molecule has 0 saturated carbocycles. The Morgan fingerprint density at radius 3 is 1.47 bits per heavy atom. The predicted molar refractivity (Wildman–Crippen MR) is 119 cm³/mol. The number of rotatable bonds is 19. The van der Waals surface area contributed by atoms with E-state index in [0.717, 1.165) is 12.8 Å². The summed E-state index contributed by atoms with van der Waals surface area (Å²) in [6.45, 7) is 2.27. The molecule has 1 aliphatic rings. The van der Waals surface area contributed by atoms with Crippen LogP contribution in [0, 0.1) is 0 Å². The Kier molecular flexibility index (Phi) is 17.0. The number of aliphatic hydroxyl groups excluding tert-OH is 4. The third kappa shape index (κ3) is 12.0. The van der Waals surface area contributed by atoms with Gasteiger partial charge in [-0.05, 0) is 6.42 Å². The van der Waals surface area contributed by atoms with Crippen LogP contribution in [0.25, 0.3) is 0 Å². The van der Waals surface area contributed by atoms with E-state index in [4.69, 9.17) is 9.47 Å². The van der Waals surface area contributed by atoms with Gasteiger partial charge in [-0.15, -0.1) is 0 Å². The Morgan fingerprint density at radius 1 is 0.600 bits per heavy atom. The Morgan fingerprint density at radius 2 is 1.03 bits per heavy atom. The number of ether oxygens (including phenoxy) is 2. The molecule has 0 bridgehead atoms. The zero-order valence-corrected chi connectivity index (χ0v) is 19.2. The summed E-state index contributed by atoms with van der Waals surface area (Å²) in [5.41, 5.74) is 0. The quantitative estimate of drug-likeness (QED) is 0.230. The van der Waals surface area contributed by atoms with Gasteiger partial charge in [-0.25, -0.2) is 0 Å². The average Bonchev–Trinajstić information content (AvgIpc) is 2.75. The largest absolute Gasteiger partial charge is 0.394 e. The third-order valence-corrected chi connectivity index (χ3v) is 6.13. The summed E-state index contributed by atoms with van der Waals surface area (Å²) in [7, 11) is 0. The van der Waals surface area contributed by atoms with Crippen molar-refractivity contribution in [2.45, 2.75) is 140 Å². The molecule has 0 aliphatic carbocycles. The lowest BCUT2D eigenvalue weighted by molar-refractivity contribution is -0.301. The van der Waals surface area contributed by atoms with Crippen molar-refractivity contribution < 1.29 is 29.9 Å². The molecule has 0 aromatic carbocycles. The van der Waals surface area contributed by atoms with Crippen LogP contribution in [0.1, 0.15) is 110 Å². The molecule has 0 aromatic heterocycles. The SMILES string of the molecule is CCCCCCCCCCCCCCCCCCO[C@@H]1O[C@H](CO)[C@H](O)[C@H](O)[C@H]1O. The van der Waals surface area contributed by atoms with Gasteiger partial charge in [0.05, 0.1) is 6.61 Å². The first-order valence-corrected chi connectivity index (χ1v) is 12.5. The molecule has 1 saturated heterocycles. The van der Waals surface area contributed by atoms with Crippen molar-refractivity contribution in [1.29, 1.82) is 0 Å². The molecule has 1 fully saturated rings. The molecular formula is C24H48O6. The first kappa shape index (κ1) is 27.8. The number of unbranched alkanes of at least 4 members (excludes halogenated alkanes) is 15. The molecule has 0 unspecified atom stereocenters. The van der Waals surface area contributed by atoms with Crippen LogP contribution < -0.4 is 0 Å². The van der Waals surface area contributed by atoms with Crippen molar-refractivity contribution >= 4 is 0 Å². The topological polar surface area (TPSA) is 99.4 Å². The second-order valence-electron chi connectivity index (χ2n) is 8.87. The minimum absolute atomic E-state index is 0.427. The Balaban J connectivity index is 1.85. The fourth-order valence-corrected chi connectivity index (χ4v) is 4.05. The fourth-order valence-electron chi connectivity index (χ4n) is 4.05. The minimum Gasteiger partial charge on any atom is -0.394 e. The average molecular weight is 433 g/mol. The van der Waals surface area contributed by atoms with Crippen molar-refractivity contribution in [1.82, 2.24) is 0 Å². The smallest absolute Gasteiger partial charge is 0.186 e. The maximum absolute atomic E-state index is 9.91. The van der Waals surface area contributed by atoms with Gasteiger partial charge in [0.25, 0.3) is 0 Å². The van der Waals surface area contributed by atoms with E-state index in [1.165, 1.54) is 89.9 Å². The fraction of sp³-hybridized carbons (Fsp3) is 1.00. The van der Waals surface area contributed by atoms with Crippen molar-refractivity contribution in [2.75, 3.05) is 13.2 Å².